The molecule has 0 unspecified atom stereocenters. The van der Waals surface area contributed by atoms with Gasteiger partial charge in [-0.25, -0.2) is 0 Å². The van der Waals surface area contributed by atoms with Gasteiger partial charge in [0.05, 0.1) is 5.56 Å². The molecule has 2 rings (SSSR count). The largest absolute Gasteiger partial charge is 0.416 e. The molecule has 2 N–H and O–H groups in total. The Hall–Kier alpha value is -2.70. The van der Waals surface area contributed by atoms with Crippen molar-refractivity contribution >= 4 is 23.0 Å². The Morgan fingerprint density at radius 2 is 1.68 bits per heavy atom. The Labute approximate surface area is 163 Å². The van der Waals surface area contributed by atoms with Crippen LogP contribution < -0.4 is 15.5 Å². The number of carbonyl (C=O) groups is 1. The van der Waals surface area contributed by atoms with Crippen LogP contribution in [0.5, 0.6) is 0 Å². The first-order valence-corrected chi connectivity index (χ1v) is 9.31. The summed E-state index contributed by atoms with van der Waals surface area (Å²) in [5, 5.41) is 5.84. The maximum atomic E-state index is 12.6. The van der Waals surface area contributed by atoms with Crippen LogP contribution in [0.25, 0.3) is 0 Å². The topological polar surface area (TPSA) is 44.4 Å². The molecular formula is C21H26F3N3O. The Morgan fingerprint density at radius 3 is 2.21 bits per heavy atom. The second-order valence-corrected chi connectivity index (χ2v) is 6.47. The van der Waals surface area contributed by atoms with Crippen molar-refractivity contribution in [3.63, 3.8) is 0 Å². The van der Waals surface area contributed by atoms with E-state index >= 15 is 0 Å². The van der Waals surface area contributed by atoms with E-state index in [4.69, 9.17) is 0 Å². The van der Waals surface area contributed by atoms with Crippen molar-refractivity contribution in [3.8, 4) is 0 Å². The highest BCUT2D eigenvalue weighted by Crippen LogP contribution is 2.29. The molecule has 0 bridgehead atoms. The Bertz CT molecular complexity index is 784. The lowest BCUT2D eigenvalue weighted by molar-refractivity contribution is -0.137. The summed E-state index contributed by atoms with van der Waals surface area (Å²) >= 11 is 0. The molecule has 0 radical (unpaired) electrons. The monoisotopic (exact) mass is 393 g/mol. The summed E-state index contributed by atoms with van der Waals surface area (Å²) in [6.07, 6.45) is -4.14. The molecular weight excluding hydrogens is 367 g/mol. The number of rotatable bonds is 8. The summed E-state index contributed by atoms with van der Waals surface area (Å²) < 4.78 is 37.7. The SMILES string of the molecule is CCN(CC)c1ccc(NC(=O)CCNc2ccc(C(F)(F)F)cc2)c(C)c1. The highest BCUT2D eigenvalue weighted by molar-refractivity contribution is 5.92. The number of benzene rings is 2. The molecule has 0 fully saturated rings. The fraction of sp³-hybridized carbons (Fsp3) is 0.381. The van der Waals surface area contributed by atoms with Gasteiger partial charge in [-0.2, -0.15) is 13.2 Å². The van der Waals surface area contributed by atoms with E-state index < -0.39 is 11.7 Å². The summed E-state index contributed by atoms with van der Waals surface area (Å²) in [5.41, 5.74) is 2.70. The van der Waals surface area contributed by atoms with Crippen LogP contribution in [0.3, 0.4) is 0 Å². The smallest absolute Gasteiger partial charge is 0.385 e. The normalized spacial score (nSPS) is 11.2. The molecule has 0 aliphatic rings. The number of nitrogens with one attached hydrogen (secondary N) is 2. The molecule has 0 aliphatic heterocycles. The number of halogens is 3. The molecule has 2 aromatic rings. The highest BCUT2D eigenvalue weighted by Gasteiger charge is 2.29. The van der Waals surface area contributed by atoms with Crippen molar-refractivity contribution in [2.75, 3.05) is 35.2 Å². The molecule has 0 saturated heterocycles. The zero-order valence-corrected chi connectivity index (χ0v) is 16.4. The van der Waals surface area contributed by atoms with E-state index in [0.717, 1.165) is 42.2 Å². The summed E-state index contributed by atoms with van der Waals surface area (Å²) in [7, 11) is 0. The van der Waals surface area contributed by atoms with Crippen molar-refractivity contribution < 1.29 is 18.0 Å². The highest BCUT2D eigenvalue weighted by atomic mass is 19.4. The van der Waals surface area contributed by atoms with E-state index in [9.17, 15) is 18.0 Å². The van der Waals surface area contributed by atoms with Crippen LogP contribution in [0, 0.1) is 6.92 Å². The molecule has 1 amide bonds. The van der Waals surface area contributed by atoms with E-state index in [-0.39, 0.29) is 12.3 Å². The van der Waals surface area contributed by atoms with Crippen LogP contribution in [-0.4, -0.2) is 25.5 Å². The Morgan fingerprint density at radius 1 is 1.04 bits per heavy atom. The summed E-state index contributed by atoms with van der Waals surface area (Å²) in [6, 6.07) is 10.7. The maximum absolute atomic E-state index is 12.6. The number of hydrogen-bond donors (Lipinski definition) is 2. The third kappa shape index (κ3) is 5.90. The number of anilines is 3. The van der Waals surface area contributed by atoms with Crippen molar-refractivity contribution in [2.24, 2.45) is 0 Å². The van der Waals surface area contributed by atoms with Crippen LogP contribution in [-0.2, 0) is 11.0 Å². The van der Waals surface area contributed by atoms with Gasteiger partial charge in [0, 0.05) is 43.1 Å². The van der Waals surface area contributed by atoms with E-state index in [1.165, 1.54) is 12.1 Å². The van der Waals surface area contributed by atoms with Gasteiger partial charge in [-0.3, -0.25) is 4.79 Å². The van der Waals surface area contributed by atoms with E-state index in [1.54, 1.807) is 0 Å². The van der Waals surface area contributed by atoms with Gasteiger partial charge in [0.25, 0.3) is 0 Å². The summed E-state index contributed by atoms with van der Waals surface area (Å²) in [5.74, 6) is -0.155. The predicted octanol–water partition coefficient (Wildman–Crippen LogP) is 5.30. The number of hydrogen-bond acceptors (Lipinski definition) is 3. The molecule has 28 heavy (non-hydrogen) atoms. The first kappa shape index (κ1) is 21.6. The second-order valence-electron chi connectivity index (χ2n) is 6.47. The zero-order chi connectivity index (χ0) is 20.7. The minimum atomic E-state index is -4.35. The Kier molecular flexibility index (Phi) is 7.31. The van der Waals surface area contributed by atoms with Gasteiger partial charge in [0.2, 0.25) is 5.91 Å². The van der Waals surface area contributed by atoms with Crippen molar-refractivity contribution in [3.05, 3.63) is 53.6 Å². The van der Waals surface area contributed by atoms with E-state index in [0.29, 0.717) is 12.2 Å². The first-order chi connectivity index (χ1) is 13.2. The van der Waals surface area contributed by atoms with Crippen LogP contribution in [0.4, 0.5) is 30.2 Å². The Balaban J connectivity index is 1.86. The van der Waals surface area contributed by atoms with Gasteiger partial charge in [0.15, 0.2) is 0 Å². The molecule has 0 aromatic heterocycles. The number of alkyl halides is 3. The minimum Gasteiger partial charge on any atom is -0.385 e. The van der Waals surface area contributed by atoms with Gasteiger partial charge in [-0.15, -0.1) is 0 Å². The third-order valence-corrected chi connectivity index (χ3v) is 4.51. The predicted molar refractivity (Wildman–Crippen MR) is 108 cm³/mol. The standard InChI is InChI=1S/C21H26F3N3O/c1-4-27(5-2)18-10-11-19(15(3)14-18)26-20(28)12-13-25-17-8-6-16(7-9-17)21(22,23)24/h6-11,14,25H,4-5,12-13H2,1-3H3,(H,26,28). The zero-order valence-electron chi connectivity index (χ0n) is 16.4. The van der Waals surface area contributed by atoms with Crippen LogP contribution in [0.15, 0.2) is 42.5 Å². The lowest BCUT2D eigenvalue weighted by atomic mass is 10.1. The molecule has 4 nitrogen and oxygen atoms in total. The number of nitrogens with zero attached hydrogens (tertiary/aromatic N) is 1. The lowest BCUT2D eigenvalue weighted by Gasteiger charge is -2.22. The van der Waals surface area contributed by atoms with Crippen LogP contribution in [0.1, 0.15) is 31.4 Å². The number of amides is 1. The fourth-order valence-electron chi connectivity index (χ4n) is 2.88. The molecule has 152 valence electrons. The van der Waals surface area contributed by atoms with Crippen molar-refractivity contribution in [1.82, 2.24) is 0 Å². The second kappa shape index (κ2) is 9.48. The molecule has 0 spiro atoms. The third-order valence-electron chi connectivity index (χ3n) is 4.51. The summed E-state index contributed by atoms with van der Waals surface area (Å²) in [4.78, 5) is 14.4. The molecule has 2 aromatic carbocycles. The maximum Gasteiger partial charge on any atom is 0.416 e. The molecule has 0 saturated carbocycles. The average Bonchev–Trinajstić information content (AvgIpc) is 2.64. The van der Waals surface area contributed by atoms with Crippen molar-refractivity contribution in [1.29, 1.82) is 0 Å². The summed E-state index contributed by atoms with van der Waals surface area (Å²) in [6.45, 7) is 8.29. The lowest BCUT2D eigenvalue weighted by Crippen LogP contribution is -2.22. The van der Waals surface area contributed by atoms with Crippen molar-refractivity contribution in [2.45, 2.75) is 33.4 Å². The van der Waals surface area contributed by atoms with Crippen LogP contribution >= 0.6 is 0 Å². The fourth-order valence-corrected chi connectivity index (χ4v) is 2.88. The molecule has 0 atom stereocenters. The number of aryl methyl sites for hydroxylation is 1. The number of carbonyl (C=O) groups excluding carboxylic acids is 1. The van der Waals surface area contributed by atoms with Gasteiger partial charge in [-0.05, 0) is 68.8 Å². The minimum absolute atomic E-state index is 0.155. The first-order valence-electron chi connectivity index (χ1n) is 9.31. The van der Waals surface area contributed by atoms with Gasteiger partial charge >= 0.3 is 6.18 Å². The van der Waals surface area contributed by atoms with Gasteiger partial charge in [0.1, 0.15) is 0 Å². The average molecular weight is 393 g/mol. The molecule has 0 heterocycles. The van der Waals surface area contributed by atoms with E-state index in [1.807, 2.05) is 25.1 Å². The van der Waals surface area contributed by atoms with Gasteiger partial charge in [-0.1, -0.05) is 0 Å². The quantitative estimate of drug-likeness (QED) is 0.640. The van der Waals surface area contributed by atoms with Crippen LogP contribution in [0.2, 0.25) is 0 Å². The van der Waals surface area contributed by atoms with E-state index in [2.05, 4.69) is 29.4 Å². The van der Waals surface area contributed by atoms with Gasteiger partial charge < -0.3 is 15.5 Å². The molecule has 0 aliphatic carbocycles. The molecule has 7 heteroatoms.